The highest BCUT2D eigenvalue weighted by Crippen LogP contribution is 2.07. The number of nitrogens with zero attached hydrogens (tertiary/aromatic N) is 2. The molecule has 2 heterocycles. The first-order valence-electron chi connectivity index (χ1n) is 5.15. The summed E-state index contributed by atoms with van der Waals surface area (Å²) in [5, 5.41) is 5.37. The monoisotopic (exact) mass is 228 g/mol. The van der Waals surface area contributed by atoms with Gasteiger partial charge in [0.2, 0.25) is 0 Å². The second kappa shape index (κ2) is 5.07. The lowest BCUT2D eigenvalue weighted by Gasteiger charge is -2.06. The van der Waals surface area contributed by atoms with Gasteiger partial charge in [0.1, 0.15) is 0 Å². The highest BCUT2D eigenvalue weighted by atomic mass is 16.2. The summed E-state index contributed by atoms with van der Waals surface area (Å²) in [6.07, 6.45) is 4.84. The fraction of sp³-hybridized carbons (Fsp3) is 0.0833. The van der Waals surface area contributed by atoms with Crippen molar-refractivity contribution in [3.05, 3.63) is 48.5 Å². The molecule has 5 heteroatoms. The van der Waals surface area contributed by atoms with E-state index in [1.807, 2.05) is 13.0 Å². The Balaban J connectivity index is 1.96. The van der Waals surface area contributed by atoms with Crippen molar-refractivity contribution in [2.75, 3.05) is 10.6 Å². The van der Waals surface area contributed by atoms with Crippen LogP contribution in [0.3, 0.4) is 0 Å². The third-order valence-electron chi connectivity index (χ3n) is 2.11. The number of amides is 2. The summed E-state index contributed by atoms with van der Waals surface area (Å²) in [4.78, 5) is 19.5. The van der Waals surface area contributed by atoms with Gasteiger partial charge in [-0.15, -0.1) is 0 Å². The molecule has 2 amide bonds. The van der Waals surface area contributed by atoms with Gasteiger partial charge < -0.3 is 10.6 Å². The molecule has 0 atom stereocenters. The van der Waals surface area contributed by atoms with Gasteiger partial charge in [0.05, 0.1) is 11.9 Å². The molecule has 17 heavy (non-hydrogen) atoms. The predicted molar refractivity (Wildman–Crippen MR) is 65.9 cm³/mol. The third kappa shape index (κ3) is 3.27. The van der Waals surface area contributed by atoms with Gasteiger partial charge in [-0.1, -0.05) is 0 Å². The number of carbonyl (C=O) groups is 1. The van der Waals surface area contributed by atoms with Crippen LogP contribution in [0, 0.1) is 6.92 Å². The molecule has 5 nitrogen and oxygen atoms in total. The molecule has 2 rings (SSSR count). The third-order valence-corrected chi connectivity index (χ3v) is 2.11. The Hall–Kier alpha value is -2.43. The smallest absolute Gasteiger partial charge is 0.308 e. The van der Waals surface area contributed by atoms with Crippen LogP contribution in [0.15, 0.2) is 42.9 Å². The molecule has 0 unspecified atom stereocenters. The van der Waals surface area contributed by atoms with E-state index in [-0.39, 0.29) is 6.03 Å². The standard InChI is InChI=1S/C12H12N4O/c1-9-2-3-11(8-14-9)16-12(17)15-10-4-6-13-7-5-10/h2-8H,1H3,(H2,13,15,16,17). The first kappa shape index (κ1) is 11.1. The van der Waals surface area contributed by atoms with E-state index in [0.717, 1.165) is 5.69 Å². The van der Waals surface area contributed by atoms with Crippen molar-refractivity contribution in [2.24, 2.45) is 0 Å². The molecule has 0 aliphatic rings. The minimum absolute atomic E-state index is 0.304. The van der Waals surface area contributed by atoms with Gasteiger partial charge in [-0.25, -0.2) is 4.79 Å². The normalized spacial score (nSPS) is 9.71. The van der Waals surface area contributed by atoms with E-state index in [1.165, 1.54) is 0 Å². The first-order chi connectivity index (χ1) is 8.24. The van der Waals surface area contributed by atoms with Crippen molar-refractivity contribution < 1.29 is 4.79 Å². The number of aromatic nitrogens is 2. The Morgan fingerprint density at radius 2 is 1.76 bits per heavy atom. The van der Waals surface area contributed by atoms with Crippen molar-refractivity contribution in [3.63, 3.8) is 0 Å². The van der Waals surface area contributed by atoms with E-state index in [0.29, 0.717) is 11.4 Å². The van der Waals surface area contributed by atoms with Crippen LogP contribution in [0.1, 0.15) is 5.69 Å². The van der Waals surface area contributed by atoms with Crippen molar-refractivity contribution >= 4 is 17.4 Å². The molecule has 0 spiro atoms. The molecule has 0 fully saturated rings. The SMILES string of the molecule is Cc1ccc(NC(=O)Nc2ccncc2)cn1. The summed E-state index contributed by atoms with van der Waals surface area (Å²) in [6, 6.07) is 6.76. The molecule has 0 aromatic carbocycles. The molecule has 0 bridgehead atoms. The van der Waals surface area contributed by atoms with E-state index in [9.17, 15) is 4.79 Å². The van der Waals surface area contributed by atoms with Gasteiger partial charge in [-0.2, -0.15) is 0 Å². The van der Waals surface area contributed by atoms with Crippen LogP contribution in [-0.4, -0.2) is 16.0 Å². The summed E-state index contributed by atoms with van der Waals surface area (Å²) in [6.45, 7) is 1.89. The lowest BCUT2D eigenvalue weighted by atomic mass is 10.3. The van der Waals surface area contributed by atoms with Gasteiger partial charge >= 0.3 is 6.03 Å². The number of nitrogens with one attached hydrogen (secondary N) is 2. The van der Waals surface area contributed by atoms with E-state index in [2.05, 4.69) is 20.6 Å². The lowest BCUT2D eigenvalue weighted by Crippen LogP contribution is -2.19. The summed E-state index contributed by atoms with van der Waals surface area (Å²) in [7, 11) is 0. The maximum absolute atomic E-state index is 11.6. The zero-order chi connectivity index (χ0) is 12.1. The Labute approximate surface area is 98.9 Å². The molecular weight excluding hydrogens is 216 g/mol. The van der Waals surface area contributed by atoms with Crippen LogP contribution >= 0.6 is 0 Å². The number of aryl methyl sites for hydroxylation is 1. The van der Waals surface area contributed by atoms with Crippen LogP contribution in [-0.2, 0) is 0 Å². The number of hydrogen-bond donors (Lipinski definition) is 2. The number of rotatable bonds is 2. The van der Waals surface area contributed by atoms with Gasteiger partial charge in [-0.05, 0) is 31.2 Å². The molecular formula is C12H12N4O. The average molecular weight is 228 g/mol. The molecule has 2 aromatic rings. The van der Waals surface area contributed by atoms with Gasteiger partial charge in [0, 0.05) is 23.8 Å². The average Bonchev–Trinajstić information content (AvgIpc) is 2.33. The number of pyridine rings is 2. The Kier molecular flexibility index (Phi) is 3.30. The van der Waals surface area contributed by atoms with E-state index >= 15 is 0 Å². The zero-order valence-corrected chi connectivity index (χ0v) is 9.34. The van der Waals surface area contributed by atoms with Gasteiger partial charge in [-0.3, -0.25) is 9.97 Å². The molecule has 2 N–H and O–H groups in total. The number of anilines is 2. The summed E-state index contributed by atoms with van der Waals surface area (Å²) in [5.41, 5.74) is 2.25. The summed E-state index contributed by atoms with van der Waals surface area (Å²) >= 11 is 0. The second-order valence-corrected chi connectivity index (χ2v) is 3.50. The molecule has 0 saturated carbocycles. The Morgan fingerprint density at radius 1 is 1.06 bits per heavy atom. The topological polar surface area (TPSA) is 66.9 Å². The van der Waals surface area contributed by atoms with Crippen molar-refractivity contribution in [2.45, 2.75) is 6.92 Å². The fourth-order valence-electron chi connectivity index (χ4n) is 1.27. The maximum atomic E-state index is 11.6. The lowest BCUT2D eigenvalue weighted by molar-refractivity contribution is 0.262. The molecule has 0 saturated heterocycles. The second-order valence-electron chi connectivity index (χ2n) is 3.50. The Bertz CT molecular complexity index is 496. The highest BCUT2D eigenvalue weighted by molar-refractivity contribution is 5.99. The largest absolute Gasteiger partial charge is 0.323 e. The molecule has 86 valence electrons. The van der Waals surface area contributed by atoms with E-state index < -0.39 is 0 Å². The highest BCUT2D eigenvalue weighted by Gasteiger charge is 2.01. The molecule has 0 radical (unpaired) electrons. The quantitative estimate of drug-likeness (QED) is 0.829. The number of hydrogen-bond acceptors (Lipinski definition) is 3. The Morgan fingerprint density at radius 3 is 2.41 bits per heavy atom. The number of urea groups is 1. The molecule has 0 aliphatic carbocycles. The van der Waals surface area contributed by atoms with E-state index in [1.54, 1.807) is 36.8 Å². The first-order valence-corrected chi connectivity index (χ1v) is 5.15. The maximum Gasteiger partial charge on any atom is 0.323 e. The fourth-order valence-corrected chi connectivity index (χ4v) is 1.27. The summed E-state index contributed by atoms with van der Waals surface area (Å²) in [5.74, 6) is 0. The van der Waals surface area contributed by atoms with Crippen LogP contribution in [0.5, 0.6) is 0 Å². The van der Waals surface area contributed by atoms with Gasteiger partial charge in [0.25, 0.3) is 0 Å². The molecule has 0 aliphatic heterocycles. The van der Waals surface area contributed by atoms with Crippen LogP contribution < -0.4 is 10.6 Å². The van der Waals surface area contributed by atoms with Gasteiger partial charge in [0.15, 0.2) is 0 Å². The molecule has 2 aromatic heterocycles. The van der Waals surface area contributed by atoms with Crippen molar-refractivity contribution in [1.29, 1.82) is 0 Å². The summed E-state index contributed by atoms with van der Waals surface area (Å²) < 4.78 is 0. The van der Waals surface area contributed by atoms with E-state index in [4.69, 9.17) is 0 Å². The van der Waals surface area contributed by atoms with Crippen LogP contribution in [0.25, 0.3) is 0 Å². The minimum Gasteiger partial charge on any atom is -0.308 e. The van der Waals surface area contributed by atoms with Crippen molar-refractivity contribution in [1.82, 2.24) is 9.97 Å². The zero-order valence-electron chi connectivity index (χ0n) is 9.34. The minimum atomic E-state index is -0.304. The number of carbonyl (C=O) groups excluding carboxylic acids is 1. The van der Waals surface area contributed by atoms with Crippen LogP contribution in [0.4, 0.5) is 16.2 Å². The van der Waals surface area contributed by atoms with Crippen molar-refractivity contribution in [3.8, 4) is 0 Å². The predicted octanol–water partition coefficient (Wildman–Crippen LogP) is 2.43. The van der Waals surface area contributed by atoms with Crippen LogP contribution in [0.2, 0.25) is 0 Å².